The lowest BCUT2D eigenvalue weighted by Gasteiger charge is -2.29. The first-order chi connectivity index (χ1) is 9.60. The number of primary amides is 1. The van der Waals surface area contributed by atoms with Gasteiger partial charge in [-0.15, -0.1) is 0 Å². The number of rotatable bonds is 5. The molecular weight excluding hydrogens is 292 g/mol. The fourth-order valence-electron chi connectivity index (χ4n) is 2.64. The van der Waals surface area contributed by atoms with Gasteiger partial charge in [0.15, 0.2) is 0 Å². The molecule has 110 valence electrons. The van der Waals surface area contributed by atoms with Crippen molar-refractivity contribution in [2.75, 3.05) is 6.26 Å². The lowest BCUT2D eigenvalue weighted by Crippen LogP contribution is -2.34. The molecule has 3 N–H and O–H groups in total. The third-order valence-electron chi connectivity index (χ3n) is 3.88. The molecule has 0 bridgehead atoms. The first-order valence-corrected chi connectivity index (χ1v) is 8.61. The van der Waals surface area contributed by atoms with Crippen molar-refractivity contribution in [1.29, 1.82) is 0 Å². The maximum Gasteiger partial charge on any atom is 0.248 e. The summed E-state index contributed by atoms with van der Waals surface area (Å²) in [6.07, 6.45) is 7.25. The minimum atomic E-state index is -0.443. The number of nitrogens with two attached hydrogens (primary N) is 1. The van der Waals surface area contributed by atoms with Crippen molar-refractivity contribution in [3.63, 3.8) is 0 Å². The zero-order valence-corrected chi connectivity index (χ0v) is 13.3. The van der Waals surface area contributed by atoms with Crippen molar-refractivity contribution in [3.05, 3.63) is 34.3 Å². The molecule has 0 saturated heterocycles. The third kappa shape index (κ3) is 4.14. The van der Waals surface area contributed by atoms with Gasteiger partial charge in [0.25, 0.3) is 0 Å². The van der Waals surface area contributed by atoms with E-state index in [1.807, 2.05) is 17.8 Å². The van der Waals surface area contributed by atoms with Crippen molar-refractivity contribution in [2.45, 2.75) is 43.5 Å². The van der Waals surface area contributed by atoms with Gasteiger partial charge >= 0.3 is 0 Å². The summed E-state index contributed by atoms with van der Waals surface area (Å²) in [4.78, 5) is 11.1. The predicted octanol–water partition coefficient (Wildman–Crippen LogP) is 3.20. The van der Waals surface area contributed by atoms with E-state index in [0.717, 1.165) is 17.4 Å². The van der Waals surface area contributed by atoms with Crippen LogP contribution in [-0.2, 0) is 6.54 Å². The van der Waals surface area contributed by atoms with E-state index in [4.69, 9.17) is 17.3 Å². The molecule has 1 fully saturated rings. The molecule has 1 aromatic carbocycles. The molecular formula is C15H21ClN2OS. The summed E-state index contributed by atoms with van der Waals surface area (Å²) in [7, 11) is 0. The van der Waals surface area contributed by atoms with Crippen LogP contribution in [-0.4, -0.2) is 23.5 Å². The summed E-state index contributed by atoms with van der Waals surface area (Å²) in [5.41, 5.74) is 6.71. The van der Waals surface area contributed by atoms with Crippen LogP contribution in [0.15, 0.2) is 18.2 Å². The Bertz CT molecular complexity index is 481. The number of amides is 1. The van der Waals surface area contributed by atoms with Gasteiger partial charge in [0.1, 0.15) is 0 Å². The van der Waals surface area contributed by atoms with Crippen molar-refractivity contribution < 1.29 is 4.79 Å². The summed E-state index contributed by atoms with van der Waals surface area (Å²) in [6.45, 7) is 0.740. The number of hydrogen-bond donors (Lipinski definition) is 2. The standard InChI is InChI=1S/C15H21ClN2OS/c1-20-13-4-2-3-12(8-13)18-9-11-6-5-10(15(17)19)7-14(11)16/h5-7,12-13,18H,2-4,8-9H2,1H3,(H2,17,19). The highest BCUT2D eigenvalue weighted by Gasteiger charge is 2.20. The second kappa shape index (κ2) is 7.34. The Labute approximate surface area is 129 Å². The number of nitrogens with one attached hydrogen (secondary N) is 1. The van der Waals surface area contributed by atoms with Gasteiger partial charge in [0, 0.05) is 28.4 Å². The van der Waals surface area contributed by atoms with E-state index < -0.39 is 5.91 Å². The zero-order valence-electron chi connectivity index (χ0n) is 11.7. The van der Waals surface area contributed by atoms with Crippen LogP contribution >= 0.6 is 23.4 Å². The normalized spacial score (nSPS) is 22.7. The Morgan fingerprint density at radius 2 is 2.30 bits per heavy atom. The molecule has 20 heavy (non-hydrogen) atoms. The van der Waals surface area contributed by atoms with Crippen LogP contribution in [0.1, 0.15) is 41.6 Å². The minimum Gasteiger partial charge on any atom is -0.366 e. The van der Waals surface area contributed by atoms with Crippen LogP contribution in [0.3, 0.4) is 0 Å². The summed E-state index contributed by atoms with van der Waals surface area (Å²) < 4.78 is 0. The minimum absolute atomic E-state index is 0.443. The highest BCUT2D eigenvalue weighted by molar-refractivity contribution is 7.99. The Morgan fingerprint density at radius 3 is 2.95 bits per heavy atom. The molecule has 0 spiro atoms. The summed E-state index contributed by atoms with van der Waals surface area (Å²) in [6, 6.07) is 5.82. The Kier molecular flexibility index (Phi) is 5.75. The molecule has 3 nitrogen and oxygen atoms in total. The molecule has 2 unspecified atom stereocenters. The van der Waals surface area contributed by atoms with E-state index in [1.165, 1.54) is 25.7 Å². The number of carbonyl (C=O) groups excluding carboxylic acids is 1. The van der Waals surface area contributed by atoms with Crippen LogP contribution in [0.25, 0.3) is 0 Å². The highest BCUT2D eigenvalue weighted by Crippen LogP contribution is 2.27. The van der Waals surface area contributed by atoms with Gasteiger partial charge in [0.2, 0.25) is 5.91 Å². The zero-order chi connectivity index (χ0) is 14.5. The lowest BCUT2D eigenvalue weighted by atomic mass is 9.95. The van der Waals surface area contributed by atoms with Crippen LogP contribution in [0, 0.1) is 0 Å². The number of hydrogen-bond acceptors (Lipinski definition) is 3. The molecule has 0 heterocycles. The smallest absolute Gasteiger partial charge is 0.248 e. The molecule has 1 aliphatic rings. The molecule has 1 aliphatic carbocycles. The molecule has 1 amide bonds. The van der Waals surface area contributed by atoms with Gasteiger partial charge in [-0.05, 0) is 43.2 Å². The molecule has 0 radical (unpaired) electrons. The first-order valence-electron chi connectivity index (χ1n) is 6.94. The Hall–Kier alpha value is -0.710. The number of benzene rings is 1. The number of carbonyl (C=O) groups is 1. The van der Waals surface area contributed by atoms with Gasteiger partial charge in [-0.2, -0.15) is 11.8 Å². The van der Waals surface area contributed by atoms with Gasteiger partial charge in [0.05, 0.1) is 0 Å². The molecule has 2 rings (SSSR count). The maximum atomic E-state index is 11.1. The summed E-state index contributed by atoms with van der Waals surface area (Å²) in [5.74, 6) is -0.443. The van der Waals surface area contributed by atoms with Gasteiger partial charge in [-0.3, -0.25) is 4.79 Å². The van der Waals surface area contributed by atoms with E-state index in [0.29, 0.717) is 16.6 Å². The van der Waals surface area contributed by atoms with Crippen LogP contribution in [0.4, 0.5) is 0 Å². The van der Waals surface area contributed by atoms with E-state index >= 15 is 0 Å². The Morgan fingerprint density at radius 1 is 1.50 bits per heavy atom. The molecule has 5 heteroatoms. The molecule has 1 aromatic rings. The van der Waals surface area contributed by atoms with Crippen molar-refractivity contribution in [3.8, 4) is 0 Å². The second-order valence-corrected chi connectivity index (χ2v) is 6.82. The topological polar surface area (TPSA) is 55.1 Å². The molecule has 2 atom stereocenters. The van der Waals surface area contributed by atoms with Crippen molar-refractivity contribution >= 4 is 29.3 Å². The average molecular weight is 313 g/mol. The second-order valence-electron chi connectivity index (χ2n) is 5.27. The largest absolute Gasteiger partial charge is 0.366 e. The fraction of sp³-hybridized carbons (Fsp3) is 0.533. The number of halogens is 1. The van der Waals surface area contributed by atoms with Crippen LogP contribution in [0.5, 0.6) is 0 Å². The quantitative estimate of drug-likeness (QED) is 0.878. The SMILES string of the molecule is CSC1CCCC(NCc2ccc(C(N)=O)cc2Cl)C1. The molecule has 0 aliphatic heterocycles. The van der Waals surface area contributed by atoms with Crippen LogP contribution < -0.4 is 11.1 Å². The monoisotopic (exact) mass is 312 g/mol. The maximum absolute atomic E-state index is 11.1. The van der Waals surface area contributed by atoms with E-state index in [1.54, 1.807) is 12.1 Å². The molecule has 1 saturated carbocycles. The fourth-order valence-corrected chi connectivity index (χ4v) is 3.72. The predicted molar refractivity (Wildman–Crippen MR) is 86.4 cm³/mol. The molecule has 0 aromatic heterocycles. The van der Waals surface area contributed by atoms with E-state index in [-0.39, 0.29) is 0 Å². The summed E-state index contributed by atoms with van der Waals surface area (Å²) in [5, 5.41) is 4.95. The van der Waals surface area contributed by atoms with Crippen molar-refractivity contribution in [2.24, 2.45) is 5.73 Å². The van der Waals surface area contributed by atoms with Gasteiger partial charge in [-0.1, -0.05) is 24.1 Å². The van der Waals surface area contributed by atoms with Gasteiger partial charge in [-0.25, -0.2) is 0 Å². The summed E-state index contributed by atoms with van der Waals surface area (Å²) >= 11 is 8.16. The number of thioether (sulfide) groups is 1. The van der Waals surface area contributed by atoms with E-state index in [9.17, 15) is 4.79 Å². The highest BCUT2D eigenvalue weighted by atomic mass is 35.5. The van der Waals surface area contributed by atoms with E-state index in [2.05, 4.69) is 11.6 Å². The first kappa shape index (κ1) is 15.7. The average Bonchev–Trinajstić information content (AvgIpc) is 2.46. The lowest BCUT2D eigenvalue weighted by molar-refractivity contribution is 0.100. The van der Waals surface area contributed by atoms with Crippen LogP contribution in [0.2, 0.25) is 5.02 Å². The third-order valence-corrected chi connectivity index (χ3v) is 5.32. The van der Waals surface area contributed by atoms with Crippen molar-refractivity contribution in [1.82, 2.24) is 5.32 Å². The van der Waals surface area contributed by atoms with Gasteiger partial charge < -0.3 is 11.1 Å². The Balaban J connectivity index is 1.92.